The highest BCUT2D eigenvalue weighted by atomic mass is 16.5. The number of fused-ring (bicyclic) bond motifs is 1. The summed E-state index contributed by atoms with van der Waals surface area (Å²) >= 11 is 0. The zero-order valence-electron chi connectivity index (χ0n) is 16.8. The molecule has 0 bridgehead atoms. The first-order valence-corrected chi connectivity index (χ1v) is 9.97. The van der Waals surface area contributed by atoms with Gasteiger partial charge < -0.3 is 20.1 Å². The largest absolute Gasteiger partial charge is 0.493 e. The fraction of sp³-hybridized carbons (Fsp3) is 0.391. The SMILES string of the molecule is Cc1ccc(N2C[C@H](C(=O)NC[C@@]3(O)CCOc4ccccc43)CC2=O)cc1C. The summed E-state index contributed by atoms with van der Waals surface area (Å²) in [5.74, 6) is -0.0409. The van der Waals surface area contributed by atoms with E-state index in [0.717, 1.165) is 11.3 Å². The lowest BCUT2D eigenvalue weighted by Crippen LogP contribution is -2.45. The number of hydrogen-bond acceptors (Lipinski definition) is 4. The van der Waals surface area contributed by atoms with Gasteiger partial charge in [-0.3, -0.25) is 9.59 Å². The molecular formula is C23H26N2O4. The minimum absolute atomic E-state index is 0.0523. The molecule has 0 spiro atoms. The molecule has 6 nitrogen and oxygen atoms in total. The van der Waals surface area contributed by atoms with E-state index in [4.69, 9.17) is 4.74 Å². The quantitative estimate of drug-likeness (QED) is 0.835. The van der Waals surface area contributed by atoms with Gasteiger partial charge in [-0.1, -0.05) is 24.3 Å². The zero-order chi connectivity index (χ0) is 20.6. The van der Waals surface area contributed by atoms with E-state index in [0.29, 0.717) is 30.9 Å². The van der Waals surface area contributed by atoms with Crippen LogP contribution in [-0.2, 0) is 15.2 Å². The van der Waals surface area contributed by atoms with Gasteiger partial charge in [0, 0.05) is 30.6 Å². The maximum Gasteiger partial charge on any atom is 0.227 e. The number of anilines is 1. The number of hydrogen-bond donors (Lipinski definition) is 2. The molecule has 2 aromatic carbocycles. The lowest BCUT2D eigenvalue weighted by atomic mass is 9.88. The Morgan fingerprint density at radius 2 is 2.03 bits per heavy atom. The van der Waals surface area contributed by atoms with Gasteiger partial charge in [-0.25, -0.2) is 0 Å². The number of aliphatic hydroxyl groups is 1. The van der Waals surface area contributed by atoms with E-state index in [1.807, 2.05) is 56.3 Å². The molecule has 2 aliphatic rings. The van der Waals surface area contributed by atoms with Crippen molar-refractivity contribution in [3.05, 3.63) is 59.2 Å². The highest BCUT2D eigenvalue weighted by Crippen LogP contribution is 2.36. The van der Waals surface area contributed by atoms with Crippen molar-refractivity contribution < 1.29 is 19.4 Å². The van der Waals surface area contributed by atoms with E-state index in [1.165, 1.54) is 5.56 Å². The summed E-state index contributed by atoms with van der Waals surface area (Å²) in [6, 6.07) is 13.2. The van der Waals surface area contributed by atoms with Gasteiger partial charge in [-0.2, -0.15) is 0 Å². The first-order valence-electron chi connectivity index (χ1n) is 9.97. The van der Waals surface area contributed by atoms with Crippen molar-refractivity contribution in [1.29, 1.82) is 0 Å². The molecule has 152 valence electrons. The second-order valence-corrected chi connectivity index (χ2v) is 8.02. The third-order valence-corrected chi connectivity index (χ3v) is 6.01. The lowest BCUT2D eigenvalue weighted by molar-refractivity contribution is -0.127. The molecule has 2 aromatic rings. The fourth-order valence-corrected chi connectivity index (χ4v) is 4.03. The van der Waals surface area contributed by atoms with E-state index in [9.17, 15) is 14.7 Å². The van der Waals surface area contributed by atoms with E-state index in [2.05, 4.69) is 5.32 Å². The molecule has 2 atom stereocenters. The Hall–Kier alpha value is -2.86. The summed E-state index contributed by atoms with van der Waals surface area (Å²) in [4.78, 5) is 26.9. The molecular weight excluding hydrogens is 368 g/mol. The maximum atomic E-state index is 12.8. The smallest absolute Gasteiger partial charge is 0.227 e. The predicted octanol–water partition coefficient (Wildman–Crippen LogP) is 2.44. The van der Waals surface area contributed by atoms with Crippen molar-refractivity contribution in [2.75, 3.05) is 24.6 Å². The van der Waals surface area contributed by atoms with Gasteiger partial charge in [0.1, 0.15) is 11.4 Å². The van der Waals surface area contributed by atoms with Crippen LogP contribution in [-0.4, -0.2) is 36.6 Å². The molecule has 29 heavy (non-hydrogen) atoms. The van der Waals surface area contributed by atoms with Crippen molar-refractivity contribution in [3.63, 3.8) is 0 Å². The molecule has 6 heteroatoms. The van der Waals surface area contributed by atoms with Gasteiger partial charge in [0.15, 0.2) is 0 Å². The molecule has 0 radical (unpaired) electrons. The fourth-order valence-electron chi connectivity index (χ4n) is 4.03. The summed E-state index contributed by atoms with van der Waals surface area (Å²) in [6.45, 7) is 4.88. The van der Waals surface area contributed by atoms with Crippen molar-refractivity contribution in [3.8, 4) is 5.75 Å². The minimum Gasteiger partial charge on any atom is -0.493 e. The van der Waals surface area contributed by atoms with Crippen LogP contribution in [0.1, 0.15) is 29.5 Å². The first kappa shape index (κ1) is 19.5. The number of nitrogens with zero attached hydrogens (tertiary/aromatic N) is 1. The molecule has 1 saturated heterocycles. The topological polar surface area (TPSA) is 78.9 Å². The molecule has 0 aliphatic carbocycles. The second-order valence-electron chi connectivity index (χ2n) is 8.02. The molecule has 0 unspecified atom stereocenters. The standard InChI is InChI=1S/C23H26N2O4/c1-15-7-8-18(11-16(15)2)25-13-17(12-21(25)26)22(27)24-14-23(28)9-10-29-20-6-4-3-5-19(20)23/h3-8,11,17,28H,9-10,12-14H2,1-2H3,(H,24,27)/t17-,23+/m1/s1. The number of carbonyl (C=O) groups is 2. The molecule has 1 fully saturated rings. The number of benzene rings is 2. The third kappa shape index (κ3) is 3.72. The van der Waals surface area contributed by atoms with Crippen LogP contribution in [0.15, 0.2) is 42.5 Å². The van der Waals surface area contributed by atoms with E-state index in [-0.39, 0.29) is 24.8 Å². The van der Waals surface area contributed by atoms with Gasteiger partial charge in [-0.05, 0) is 43.2 Å². The highest BCUT2D eigenvalue weighted by Gasteiger charge is 2.39. The number of nitrogens with one attached hydrogen (secondary N) is 1. The summed E-state index contributed by atoms with van der Waals surface area (Å²) in [6.07, 6.45) is 0.583. The first-order chi connectivity index (χ1) is 13.9. The van der Waals surface area contributed by atoms with Crippen molar-refractivity contribution in [2.45, 2.75) is 32.3 Å². The third-order valence-electron chi connectivity index (χ3n) is 6.01. The van der Waals surface area contributed by atoms with Crippen molar-refractivity contribution in [1.82, 2.24) is 5.32 Å². The molecule has 2 aliphatic heterocycles. The Labute approximate surface area is 170 Å². The summed E-state index contributed by atoms with van der Waals surface area (Å²) in [5.41, 5.74) is 2.63. The molecule has 2 amide bonds. The van der Waals surface area contributed by atoms with Gasteiger partial charge in [0.2, 0.25) is 11.8 Å². The number of para-hydroxylation sites is 1. The van der Waals surface area contributed by atoms with E-state index < -0.39 is 11.5 Å². The van der Waals surface area contributed by atoms with Gasteiger partial charge >= 0.3 is 0 Å². The highest BCUT2D eigenvalue weighted by molar-refractivity contribution is 6.00. The van der Waals surface area contributed by atoms with Crippen LogP contribution in [0.25, 0.3) is 0 Å². The summed E-state index contributed by atoms with van der Waals surface area (Å²) < 4.78 is 5.60. The molecule has 0 aromatic heterocycles. The second kappa shape index (κ2) is 7.52. The van der Waals surface area contributed by atoms with Crippen LogP contribution in [0, 0.1) is 19.8 Å². The van der Waals surface area contributed by atoms with Crippen LogP contribution < -0.4 is 15.0 Å². The minimum atomic E-state index is -1.17. The Balaban J connectivity index is 1.42. The van der Waals surface area contributed by atoms with Gasteiger partial charge in [0.25, 0.3) is 0 Å². The van der Waals surface area contributed by atoms with E-state index >= 15 is 0 Å². The Kier molecular flexibility index (Phi) is 5.04. The number of ether oxygens (including phenoxy) is 1. The summed E-state index contributed by atoms with van der Waals surface area (Å²) in [5, 5.41) is 13.9. The maximum absolute atomic E-state index is 12.8. The van der Waals surface area contributed by atoms with Crippen LogP contribution in [0.4, 0.5) is 5.69 Å². The Morgan fingerprint density at radius 1 is 1.24 bits per heavy atom. The Bertz CT molecular complexity index is 958. The number of aryl methyl sites for hydroxylation is 2. The van der Waals surface area contributed by atoms with Gasteiger partial charge in [0.05, 0.1) is 19.1 Å². The predicted molar refractivity (Wildman–Crippen MR) is 110 cm³/mol. The van der Waals surface area contributed by atoms with Crippen LogP contribution >= 0.6 is 0 Å². The average Bonchev–Trinajstić information content (AvgIpc) is 3.10. The molecule has 2 heterocycles. The van der Waals surface area contributed by atoms with Crippen LogP contribution in [0.2, 0.25) is 0 Å². The molecule has 4 rings (SSSR count). The van der Waals surface area contributed by atoms with E-state index in [1.54, 1.807) is 4.90 Å². The van der Waals surface area contributed by atoms with Crippen molar-refractivity contribution >= 4 is 17.5 Å². The lowest BCUT2D eigenvalue weighted by Gasteiger charge is -2.34. The number of carbonyl (C=O) groups excluding carboxylic acids is 2. The van der Waals surface area contributed by atoms with Gasteiger partial charge in [-0.15, -0.1) is 0 Å². The normalized spacial score (nSPS) is 23.5. The summed E-state index contributed by atoms with van der Waals surface area (Å²) in [7, 11) is 0. The zero-order valence-corrected chi connectivity index (χ0v) is 16.8. The van der Waals surface area contributed by atoms with Crippen LogP contribution in [0.3, 0.4) is 0 Å². The monoisotopic (exact) mass is 394 g/mol. The number of rotatable bonds is 4. The Morgan fingerprint density at radius 3 is 2.83 bits per heavy atom. The molecule has 2 N–H and O–H groups in total. The van der Waals surface area contributed by atoms with Crippen molar-refractivity contribution in [2.24, 2.45) is 5.92 Å². The number of amides is 2. The average molecular weight is 394 g/mol. The van der Waals surface area contributed by atoms with Crippen LogP contribution in [0.5, 0.6) is 5.75 Å². The molecule has 0 saturated carbocycles.